The molecule has 0 amide bonds. The van der Waals surface area contributed by atoms with Gasteiger partial charge < -0.3 is 18.9 Å². The largest absolute Gasteiger partial charge is 0.465 e. The summed E-state index contributed by atoms with van der Waals surface area (Å²) in [7, 11) is 0. The van der Waals surface area contributed by atoms with Crippen molar-refractivity contribution in [3.8, 4) is 0 Å². The third kappa shape index (κ3) is 5.62. The van der Waals surface area contributed by atoms with Crippen molar-refractivity contribution in [3.63, 3.8) is 0 Å². The summed E-state index contributed by atoms with van der Waals surface area (Å²) in [6.07, 6.45) is 0. The Labute approximate surface area is 151 Å². The molecule has 0 aromatic heterocycles. The first kappa shape index (κ1) is 23.2. The fraction of sp³-hybridized carbons (Fsp3) is 0.750. The van der Waals surface area contributed by atoms with E-state index in [2.05, 4.69) is 0 Å². The zero-order chi connectivity index (χ0) is 19.7. The third-order valence-electron chi connectivity index (χ3n) is 3.07. The Morgan fingerprint density at radius 1 is 0.600 bits per heavy atom. The Kier molecular flexibility index (Phi) is 9.55. The summed E-state index contributed by atoms with van der Waals surface area (Å²) in [5.41, 5.74) is 0. The maximum atomic E-state index is 12.4. The Morgan fingerprint density at radius 2 is 0.800 bits per heavy atom. The van der Waals surface area contributed by atoms with Crippen LogP contribution >= 0.6 is 11.8 Å². The van der Waals surface area contributed by atoms with Crippen molar-refractivity contribution < 1.29 is 38.1 Å². The number of rotatable bonds is 10. The first-order valence-corrected chi connectivity index (χ1v) is 8.84. The predicted octanol–water partition coefficient (Wildman–Crippen LogP) is 1.49. The molecule has 0 rings (SSSR count). The molecule has 8 nitrogen and oxygen atoms in total. The van der Waals surface area contributed by atoms with Gasteiger partial charge in [-0.2, -0.15) is 0 Å². The van der Waals surface area contributed by atoms with Gasteiger partial charge in [-0.25, -0.2) is 19.2 Å². The molecule has 0 aromatic rings. The molecule has 0 aliphatic carbocycles. The summed E-state index contributed by atoms with van der Waals surface area (Å²) in [5, 5.41) is 0. The number of esters is 4. The van der Waals surface area contributed by atoms with E-state index in [9.17, 15) is 19.2 Å². The van der Waals surface area contributed by atoms with E-state index in [1.54, 1.807) is 27.7 Å². The highest BCUT2D eigenvalue weighted by molar-refractivity contribution is 8.04. The van der Waals surface area contributed by atoms with Crippen LogP contribution in [0.3, 0.4) is 0 Å². The van der Waals surface area contributed by atoms with Crippen LogP contribution in [0.15, 0.2) is 0 Å². The van der Waals surface area contributed by atoms with E-state index < -0.39 is 33.4 Å². The molecule has 25 heavy (non-hydrogen) atoms. The molecule has 0 heterocycles. The number of carbonyl (C=O) groups is 4. The van der Waals surface area contributed by atoms with Crippen molar-refractivity contribution in [2.24, 2.45) is 0 Å². The monoisotopic (exact) mass is 378 g/mol. The van der Waals surface area contributed by atoms with Crippen LogP contribution in [0.1, 0.15) is 41.5 Å². The normalized spacial score (nSPS) is 11.4. The molecule has 0 atom stereocenters. The molecule has 0 aliphatic heterocycles. The Balaban J connectivity index is 5.96. The predicted molar refractivity (Wildman–Crippen MR) is 90.9 cm³/mol. The molecule has 0 bridgehead atoms. The van der Waals surface area contributed by atoms with Gasteiger partial charge >= 0.3 is 23.9 Å². The van der Waals surface area contributed by atoms with Crippen molar-refractivity contribution in [3.05, 3.63) is 0 Å². The number of hydrogen-bond donors (Lipinski definition) is 0. The Morgan fingerprint density at radius 3 is 0.960 bits per heavy atom. The molecule has 0 fully saturated rings. The molecule has 0 saturated carbocycles. The molecule has 0 unspecified atom stereocenters. The van der Waals surface area contributed by atoms with Gasteiger partial charge in [-0.3, -0.25) is 0 Å². The standard InChI is InChI=1S/C16H26O8S/c1-7-21-11(17)15(5,12(18)22-8-2)25-16(6,13(19)23-9-3)14(20)24-10-4/h7-10H2,1-6H3. The van der Waals surface area contributed by atoms with Crippen molar-refractivity contribution >= 4 is 35.6 Å². The number of hydrogen-bond acceptors (Lipinski definition) is 9. The molecule has 0 radical (unpaired) electrons. The lowest BCUT2D eigenvalue weighted by atomic mass is 10.1. The van der Waals surface area contributed by atoms with Crippen LogP contribution in [0.4, 0.5) is 0 Å². The van der Waals surface area contributed by atoms with E-state index in [-0.39, 0.29) is 26.4 Å². The van der Waals surface area contributed by atoms with E-state index in [1.807, 2.05) is 0 Å². The van der Waals surface area contributed by atoms with Gasteiger partial charge in [0.05, 0.1) is 26.4 Å². The van der Waals surface area contributed by atoms with Crippen LogP contribution in [0.2, 0.25) is 0 Å². The minimum atomic E-state index is -1.94. The first-order valence-electron chi connectivity index (χ1n) is 8.02. The minimum Gasteiger partial charge on any atom is -0.465 e. The minimum absolute atomic E-state index is 0.0178. The van der Waals surface area contributed by atoms with E-state index in [0.717, 1.165) is 0 Å². The Hall–Kier alpha value is -1.77. The van der Waals surface area contributed by atoms with Crippen LogP contribution in [-0.4, -0.2) is 59.8 Å². The number of ether oxygens (including phenoxy) is 4. The van der Waals surface area contributed by atoms with Gasteiger partial charge in [-0.1, -0.05) is 0 Å². The van der Waals surface area contributed by atoms with Crippen molar-refractivity contribution in [2.45, 2.75) is 51.0 Å². The maximum absolute atomic E-state index is 12.4. The van der Waals surface area contributed by atoms with Gasteiger partial charge in [0.1, 0.15) is 0 Å². The smallest absolute Gasteiger partial charge is 0.333 e. The summed E-state index contributed by atoms with van der Waals surface area (Å²) in [4.78, 5) is 49.5. The van der Waals surface area contributed by atoms with Crippen LogP contribution in [0.25, 0.3) is 0 Å². The van der Waals surface area contributed by atoms with Gasteiger partial charge in [0.15, 0.2) is 0 Å². The molecular formula is C16H26O8S. The van der Waals surface area contributed by atoms with Crippen LogP contribution in [0.5, 0.6) is 0 Å². The fourth-order valence-corrected chi connectivity index (χ4v) is 3.20. The third-order valence-corrected chi connectivity index (χ3v) is 4.55. The van der Waals surface area contributed by atoms with Crippen LogP contribution < -0.4 is 0 Å². The van der Waals surface area contributed by atoms with E-state index in [1.165, 1.54) is 13.8 Å². The Bertz CT molecular complexity index is 422. The quantitative estimate of drug-likeness (QED) is 0.317. The van der Waals surface area contributed by atoms with Crippen molar-refractivity contribution in [2.75, 3.05) is 26.4 Å². The summed E-state index contributed by atoms with van der Waals surface area (Å²) in [6, 6.07) is 0. The van der Waals surface area contributed by atoms with Crippen LogP contribution in [-0.2, 0) is 38.1 Å². The maximum Gasteiger partial charge on any atom is 0.333 e. The van der Waals surface area contributed by atoms with Crippen LogP contribution in [0, 0.1) is 0 Å². The van der Waals surface area contributed by atoms with E-state index >= 15 is 0 Å². The molecule has 144 valence electrons. The lowest BCUT2D eigenvalue weighted by molar-refractivity contribution is -0.158. The highest BCUT2D eigenvalue weighted by atomic mass is 32.2. The zero-order valence-electron chi connectivity index (χ0n) is 15.5. The molecule has 0 aliphatic rings. The zero-order valence-corrected chi connectivity index (χ0v) is 16.3. The topological polar surface area (TPSA) is 105 Å². The lowest BCUT2D eigenvalue weighted by Crippen LogP contribution is -2.52. The molecule has 0 spiro atoms. The first-order chi connectivity index (χ1) is 11.6. The highest BCUT2D eigenvalue weighted by Crippen LogP contribution is 2.41. The van der Waals surface area contributed by atoms with Crippen molar-refractivity contribution in [1.82, 2.24) is 0 Å². The summed E-state index contributed by atoms with van der Waals surface area (Å²) >= 11 is 0.489. The summed E-state index contributed by atoms with van der Waals surface area (Å²) < 4.78 is 15.9. The molecule has 0 aromatic carbocycles. The summed E-state index contributed by atoms with van der Waals surface area (Å²) in [5.74, 6) is -3.67. The molecule has 0 N–H and O–H groups in total. The van der Waals surface area contributed by atoms with Gasteiger partial charge in [0.2, 0.25) is 9.49 Å². The highest BCUT2D eigenvalue weighted by Gasteiger charge is 2.57. The number of carbonyl (C=O) groups excluding carboxylic acids is 4. The second-order valence-corrected chi connectivity index (χ2v) is 6.89. The second kappa shape index (κ2) is 10.3. The van der Waals surface area contributed by atoms with Gasteiger partial charge in [0.25, 0.3) is 0 Å². The number of thioether (sulfide) groups is 1. The molecule has 0 saturated heterocycles. The lowest BCUT2D eigenvalue weighted by Gasteiger charge is -2.32. The SMILES string of the molecule is CCOC(=O)C(C)(SC(C)(C(=O)OCC)C(=O)OCC)C(=O)OCC. The van der Waals surface area contributed by atoms with Gasteiger partial charge in [-0.05, 0) is 41.5 Å². The van der Waals surface area contributed by atoms with Gasteiger partial charge in [-0.15, -0.1) is 11.8 Å². The molecular weight excluding hydrogens is 352 g/mol. The second-order valence-electron chi connectivity index (χ2n) is 5.05. The van der Waals surface area contributed by atoms with E-state index in [0.29, 0.717) is 11.8 Å². The molecule has 9 heteroatoms. The summed E-state index contributed by atoms with van der Waals surface area (Å²) in [6.45, 7) is 8.85. The van der Waals surface area contributed by atoms with E-state index in [4.69, 9.17) is 18.9 Å². The van der Waals surface area contributed by atoms with Gasteiger partial charge in [0, 0.05) is 0 Å². The van der Waals surface area contributed by atoms with Crippen molar-refractivity contribution in [1.29, 1.82) is 0 Å². The average Bonchev–Trinajstić information content (AvgIpc) is 2.55. The average molecular weight is 378 g/mol. The fourth-order valence-electron chi connectivity index (χ4n) is 1.82.